The summed E-state index contributed by atoms with van der Waals surface area (Å²) in [4.78, 5) is 0. The first-order valence-electron chi connectivity index (χ1n) is 9.79. The summed E-state index contributed by atoms with van der Waals surface area (Å²) in [5, 5.41) is 24.8. The van der Waals surface area contributed by atoms with Gasteiger partial charge in [-0.15, -0.1) is 0 Å². The minimum absolute atomic E-state index is 0.00905. The molecule has 2 aromatic carbocycles. The van der Waals surface area contributed by atoms with Crippen molar-refractivity contribution < 1.29 is 19.0 Å². The van der Waals surface area contributed by atoms with Gasteiger partial charge in [0.05, 0.1) is 30.5 Å². The molecule has 5 rings (SSSR count). The maximum Gasteiger partial charge on any atom is 0.229 e. The van der Waals surface area contributed by atoms with Gasteiger partial charge in [0.2, 0.25) is 11.8 Å². The van der Waals surface area contributed by atoms with Gasteiger partial charge < -0.3 is 24.7 Å². The van der Waals surface area contributed by atoms with Crippen LogP contribution < -0.4 is 15.2 Å². The Morgan fingerprint density at radius 3 is 2.66 bits per heavy atom. The Morgan fingerprint density at radius 2 is 1.97 bits per heavy atom. The highest BCUT2D eigenvalue weighted by atomic mass is 16.5. The first-order valence-corrected chi connectivity index (χ1v) is 9.79. The van der Waals surface area contributed by atoms with Crippen molar-refractivity contribution in [3.05, 3.63) is 89.5 Å². The van der Waals surface area contributed by atoms with Crippen molar-refractivity contribution in [1.29, 1.82) is 5.26 Å². The minimum Gasteiger partial charge on any atom is -0.504 e. The smallest absolute Gasteiger partial charge is 0.229 e. The van der Waals surface area contributed by atoms with Crippen molar-refractivity contribution in [2.45, 2.75) is 5.92 Å². The molecule has 32 heavy (non-hydrogen) atoms. The molecule has 4 aromatic rings. The number of allylic oxidation sites excluding steroid dienone is 1. The average Bonchev–Trinajstić information content (AvgIpc) is 3.47. The second-order valence-electron chi connectivity index (χ2n) is 7.15. The van der Waals surface area contributed by atoms with Gasteiger partial charge in [-0.1, -0.05) is 24.3 Å². The van der Waals surface area contributed by atoms with Gasteiger partial charge in [-0.2, -0.15) is 15.0 Å². The van der Waals surface area contributed by atoms with Crippen molar-refractivity contribution in [1.82, 2.24) is 9.78 Å². The van der Waals surface area contributed by atoms with Gasteiger partial charge in [-0.3, -0.25) is 0 Å². The normalized spacial score (nSPS) is 15.1. The molecule has 0 spiro atoms. The Balaban J connectivity index is 1.82. The van der Waals surface area contributed by atoms with Crippen molar-refractivity contribution in [3.63, 3.8) is 0 Å². The van der Waals surface area contributed by atoms with Gasteiger partial charge in [0, 0.05) is 0 Å². The van der Waals surface area contributed by atoms with Gasteiger partial charge in [0.25, 0.3) is 0 Å². The van der Waals surface area contributed by atoms with Crippen LogP contribution in [0.3, 0.4) is 0 Å². The fraction of sp³-hybridized carbons (Fsp3) is 0.0833. The number of hydrogen-bond acceptors (Lipinski definition) is 7. The van der Waals surface area contributed by atoms with Crippen LogP contribution in [0.25, 0.3) is 17.1 Å². The van der Waals surface area contributed by atoms with Crippen LogP contribution in [-0.2, 0) is 0 Å². The van der Waals surface area contributed by atoms with E-state index in [1.54, 1.807) is 35.2 Å². The number of ether oxygens (including phenoxy) is 2. The van der Waals surface area contributed by atoms with E-state index in [1.807, 2.05) is 30.3 Å². The number of rotatable bonds is 4. The molecular weight excluding hydrogens is 408 g/mol. The van der Waals surface area contributed by atoms with Crippen LogP contribution in [0.1, 0.15) is 17.0 Å². The summed E-state index contributed by atoms with van der Waals surface area (Å²) in [6, 6.07) is 20.1. The number of hydrogen-bond donors (Lipinski definition) is 2. The number of nitrogens with zero attached hydrogens (tertiary/aromatic N) is 3. The van der Waals surface area contributed by atoms with Crippen molar-refractivity contribution >= 4 is 0 Å². The third-order valence-corrected chi connectivity index (χ3v) is 5.34. The van der Waals surface area contributed by atoms with Crippen LogP contribution in [0, 0.1) is 11.3 Å². The first-order chi connectivity index (χ1) is 15.6. The summed E-state index contributed by atoms with van der Waals surface area (Å²) in [6.45, 7) is 0. The number of nitrogens with two attached hydrogens (primary N) is 1. The number of para-hydroxylation sites is 1. The van der Waals surface area contributed by atoms with Gasteiger partial charge in [0.15, 0.2) is 17.3 Å². The predicted octanol–water partition coefficient (Wildman–Crippen LogP) is 4.06. The summed E-state index contributed by atoms with van der Waals surface area (Å²) in [5.41, 5.74) is 9.02. The van der Waals surface area contributed by atoms with E-state index in [-0.39, 0.29) is 23.0 Å². The number of aromatic hydroxyl groups is 1. The molecule has 0 fully saturated rings. The third-order valence-electron chi connectivity index (χ3n) is 5.34. The van der Waals surface area contributed by atoms with Crippen molar-refractivity contribution in [2.24, 2.45) is 5.73 Å². The topological polar surface area (TPSA) is 119 Å². The molecule has 0 unspecified atom stereocenters. The molecule has 0 saturated heterocycles. The first kappa shape index (κ1) is 19.3. The molecule has 1 aliphatic heterocycles. The largest absolute Gasteiger partial charge is 0.504 e. The summed E-state index contributed by atoms with van der Waals surface area (Å²) in [7, 11) is 1.46. The van der Waals surface area contributed by atoms with Crippen molar-refractivity contribution in [2.75, 3.05) is 7.11 Å². The SMILES string of the molecule is COc1cc([C@@H]2C(C#N)=C(N)Oc3c2c(-c2ccco2)nn3-c2ccccc2)ccc1O. The fourth-order valence-electron chi connectivity index (χ4n) is 3.89. The zero-order valence-corrected chi connectivity index (χ0v) is 17.0. The number of methoxy groups -OCH3 is 1. The lowest BCUT2D eigenvalue weighted by atomic mass is 9.83. The highest BCUT2D eigenvalue weighted by molar-refractivity contribution is 5.69. The van der Waals surface area contributed by atoms with Crippen LogP contribution in [0.4, 0.5) is 0 Å². The molecule has 158 valence electrons. The molecule has 0 aliphatic carbocycles. The molecule has 0 amide bonds. The lowest BCUT2D eigenvalue weighted by Gasteiger charge is -2.25. The summed E-state index contributed by atoms with van der Waals surface area (Å²) in [6.07, 6.45) is 1.56. The Kier molecular flexibility index (Phi) is 4.57. The quantitative estimate of drug-likeness (QED) is 0.505. The molecule has 0 bridgehead atoms. The second kappa shape index (κ2) is 7.56. The van der Waals surface area contributed by atoms with E-state index in [9.17, 15) is 10.4 Å². The highest BCUT2D eigenvalue weighted by Crippen LogP contribution is 2.48. The number of benzene rings is 2. The maximum atomic E-state index is 10.1. The van der Waals surface area contributed by atoms with E-state index in [0.29, 0.717) is 28.5 Å². The maximum absolute atomic E-state index is 10.1. The van der Waals surface area contributed by atoms with E-state index in [2.05, 4.69) is 6.07 Å². The standard InChI is InChI=1S/C24H18N4O4/c1-30-19-12-14(9-10-17(19)29)20-16(13-25)23(26)32-24-21(20)22(18-8-5-11-31-18)27-28(24)15-6-3-2-4-7-15/h2-12,20,29H,26H2,1H3/t20-/m1/s1. The average molecular weight is 426 g/mol. The molecule has 0 radical (unpaired) electrons. The molecule has 3 heterocycles. The molecule has 1 atom stereocenters. The van der Waals surface area contributed by atoms with E-state index in [4.69, 9.17) is 24.7 Å². The molecule has 2 aromatic heterocycles. The Bertz CT molecular complexity index is 1370. The molecule has 0 saturated carbocycles. The predicted molar refractivity (Wildman–Crippen MR) is 115 cm³/mol. The fourth-order valence-corrected chi connectivity index (χ4v) is 3.89. The van der Waals surface area contributed by atoms with Crippen molar-refractivity contribution in [3.8, 4) is 40.6 Å². The van der Waals surface area contributed by atoms with Crippen LogP contribution in [0.2, 0.25) is 0 Å². The molecule has 8 heteroatoms. The van der Waals surface area contributed by atoms with Crippen LogP contribution in [-0.4, -0.2) is 22.0 Å². The summed E-state index contributed by atoms with van der Waals surface area (Å²) < 4.78 is 18.5. The number of phenolic OH excluding ortho intramolecular Hbond substituents is 1. The van der Waals surface area contributed by atoms with Crippen LogP contribution >= 0.6 is 0 Å². The second-order valence-corrected chi connectivity index (χ2v) is 7.15. The highest BCUT2D eigenvalue weighted by Gasteiger charge is 2.38. The summed E-state index contributed by atoms with van der Waals surface area (Å²) in [5.74, 6) is 0.548. The number of aromatic nitrogens is 2. The molecule has 8 nitrogen and oxygen atoms in total. The number of furan rings is 1. The third kappa shape index (κ3) is 2.96. The van der Waals surface area contributed by atoms with Gasteiger partial charge >= 0.3 is 0 Å². The molecule has 1 aliphatic rings. The summed E-state index contributed by atoms with van der Waals surface area (Å²) >= 11 is 0. The monoisotopic (exact) mass is 426 g/mol. The lowest BCUT2D eigenvalue weighted by Crippen LogP contribution is -2.22. The van der Waals surface area contributed by atoms with E-state index in [1.165, 1.54) is 13.2 Å². The van der Waals surface area contributed by atoms with E-state index < -0.39 is 5.92 Å². The number of nitriles is 1. The minimum atomic E-state index is -0.615. The van der Waals surface area contributed by atoms with E-state index >= 15 is 0 Å². The Hall–Kier alpha value is -4.64. The zero-order valence-electron chi connectivity index (χ0n) is 17.0. The van der Waals surface area contributed by atoms with Crippen LogP contribution in [0.5, 0.6) is 17.4 Å². The van der Waals surface area contributed by atoms with E-state index in [0.717, 1.165) is 5.69 Å². The molecular formula is C24H18N4O4. The number of phenols is 1. The van der Waals surface area contributed by atoms with Crippen LogP contribution in [0.15, 0.2) is 82.8 Å². The lowest BCUT2D eigenvalue weighted by molar-refractivity contribution is 0.365. The van der Waals surface area contributed by atoms with Gasteiger partial charge in [-0.05, 0) is 42.0 Å². The Morgan fingerprint density at radius 1 is 1.16 bits per heavy atom. The number of fused-ring (bicyclic) bond motifs is 1. The Labute approximate surface area is 183 Å². The zero-order chi connectivity index (χ0) is 22.2. The van der Waals surface area contributed by atoms with Gasteiger partial charge in [0.1, 0.15) is 17.3 Å². The van der Waals surface area contributed by atoms with Gasteiger partial charge in [-0.25, -0.2) is 0 Å². The molecule has 3 N–H and O–H groups in total.